The van der Waals surface area contributed by atoms with E-state index in [0.717, 1.165) is 16.9 Å². The van der Waals surface area contributed by atoms with Gasteiger partial charge in [-0.25, -0.2) is 14.8 Å². The number of anilines is 1. The lowest BCUT2D eigenvalue weighted by Gasteiger charge is -2.14. The Labute approximate surface area is 202 Å². The molecule has 0 saturated carbocycles. The Balaban J connectivity index is 1.38. The van der Waals surface area contributed by atoms with Gasteiger partial charge in [0.05, 0.1) is 24.3 Å². The predicted octanol–water partition coefficient (Wildman–Crippen LogP) is 2.87. The summed E-state index contributed by atoms with van der Waals surface area (Å²) in [7, 11) is 1.56. The number of nitrogens with zero attached hydrogens (tertiary/aromatic N) is 6. The fraction of sp³-hybridized carbons (Fsp3) is 0.0909. The number of hydrogen-bond acceptors (Lipinski definition) is 12. The highest BCUT2D eigenvalue weighted by atomic mass is 32.1. The number of aromatic nitrogens is 3. The highest BCUT2D eigenvalue weighted by Gasteiger charge is 2.29. The molecule has 35 heavy (non-hydrogen) atoms. The van der Waals surface area contributed by atoms with Crippen molar-refractivity contribution >= 4 is 28.1 Å². The third kappa shape index (κ3) is 4.45. The summed E-state index contributed by atoms with van der Waals surface area (Å²) >= 11 is 1.16. The van der Waals surface area contributed by atoms with Gasteiger partial charge >= 0.3 is 5.97 Å². The number of carbonyl (C=O) groups is 1. The molecule has 1 saturated heterocycles. The van der Waals surface area contributed by atoms with Gasteiger partial charge in [-0.2, -0.15) is 5.11 Å². The second-order valence-electron chi connectivity index (χ2n) is 7.22. The van der Waals surface area contributed by atoms with Crippen molar-refractivity contribution < 1.29 is 28.7 Å². The van der Waals surface area contributed by atoms with Crippen LogP contribution in [0.3, 0.4) is 0 Å². The molecule has 0 radical (unpaired) electrons. The van der Waals surface area contributed by atoms with E-state index in [9.17, 15) is 9.90 Å². The first-order valence-corrected chi connectivity index (χ1v) is 11.1. The molecule has 0 amide bonds. The van der Waals surface area contributed by atoms with Gasteiger partial charge in [0.15, 0.2) is 17.3 Å². The first-order chi connectivity index (χ1) is 17.0. The lowest BCUT2D eigenvalue weighted by molar-refractivity contribution is -0.660. The Kier molecular flexibility index (Phi) is 5.91. The number of nitrogens with one attached hydrogen (secondary N) is 1. The minimum absolute atomic E-state index is 0.139. The standard InChI is InChI=1S/C22H17N7O5S/c1-13-3-5-14(6-4-13)28-18(20(30)33-26-28)11-23-25-22-24-17(12-35-22)19-21(31)34-27-29(19)15-7-9-16(32-2)10-8-15/h3-12,26H,1-2H3/b18-11+,25-23?. The van der Waals surface area contributed by atoms with E-state index in [1.807, 2.05) is 31.2 Å². The molecule has 0 unspecified atom stereocenters. The average Bonchev–Trinajstić information content (AvgIpc) is 3.59. The van der Waals surface area contributed by atoms with Crippen LogP contribution in [0.1, 0.15) is 5.56 Å². The number of carbonyl (C=O) groups excluding carboxylic acids is 1. The number of ether oxygens (including phenoxy) is 1. The molecule has 2 aromatic heterocycles. The van der Waals surface area contributed by atoms with Crippen LogP contribution >= 0.6 is 11.3 Å². The molecule has 13 heteroatoms. The van der Waals surface area contributed by atoms with Gasteiger partial charge in [0.1, 0.15) is 5.75 Å². The fourth-order valence-electron chi connectivity index (χ4n) is 3.19. The lowest BCUT2D eigenvalue weighted by Crippen LogP contribution is -2.34. The molecule has 2 aromatic carbocycles. The summed E-state index contributed by atoms with van der Waals surface area (Å²) in [6, 6.07) is 14.4. The number of hydrogen-bond donors (Lipinski definition) is 1. The molecule has 0 aliphatic carbocycles. The van der Waals surface area contributed by atoms with Crippen molar-refractivity contribution in [1.82, 2.24) is 15.8 Å². The number of azo groups is 1. The minimum atomic E-state index is -0.648. The quantitative estimate of drug-likeness (QED) is 0.245. The van der Waals surface area contributed by atoms with Crippen LogP contribution in [0.4, 0.5) is 10.8 Å². The highest BCUT2D eigenvalue weighted by Crippen LogP contribution is 2.30. The van der Waals surface area contributed by atoms with Crippen molar-refractivity contribution in [3.05, 3.63) is 71.4 Å². The summed E-state index contributed by atoms with van der Waals surface area (Å²) in [6.45, 7) is 1.96. The topological polar surface area (TPSA) is 141 Å². The molecule has 12 nitrogen and oxygen atoms in total. The van der Waals surface area contributed by atoms with Crippen molar-refractivity contribution in [3.63, 3.8) is 0 Å². The summed E-state index contributed by atoms with van der Waals surface area (Å²) in [5.74, 6) is -0.592. The van der Waals surface area contributed by atoms with Crippen LogP contribution in [-0.4, -0.2) is 23.3 Å². The van der Waals surface area contributed by atoms with Crippen LogP contribution in [0.5, 0.6) is 11.7 Å². The Morgan fingerprint density at radius 2 is 1.97 bits per heavy atom. The second kappa shape index (κ2) is 9.32. The first-order valence-electron chi connectivity index (χ1n) is 10.2. The highest BCUT2D eigenvalue weighted by molar-refractivity contribution is 7.13. The number of hydrazine groups is 1. The van der Waals surface area contributed by atoms with Gasteiger partial charge in [-0.05, 0) is 35.9 Å². The summed E-state index contributed by atoms with van der Waals surface area (Å²) < 4.78 is 11.4. The molecule has 1 N–H and O–H groups in total. The van der Waals surface area contributed by atoms with Crippen LogP contribution in [0, 0.1) is 6.92 Å². The SMILES string of the molecule is COc1ccc(-[n+]2noc([O-])c2-c2csc(N=N/C=C3\C(=O)ONN3c3ccc(C)cc3)n2)cc1. The molecule has 0 atom stereocenters. The summed E-state index contributed by atoms with van der Waals surface area (Å²) in [5.41, 5.74) is 5.51. The number of aryl methyl sites for hydroxylation is 1. The molecule has 1 aliphatic rings. The van der Waals surface area contributed by atoms with Crippen LogP contribution in [0.25, 0.3) is 17.1 Å². The van der Waals surface area contributed by atoms with Gasteiger partial charge in [-0.1, -0.05) is 23.3 Å². The van der Waals surface area contributed by atoms with Gasteiger partial charge in [0.25, 0.3) is 5.69 Å². The lowest BCUT2D eigenvalue weighted by atomic mass is 10.2. The summed E-state index contributed by atoms with van der Waals surface area (Å²) in [5, 5.41) is 27.5. The van der Waals surface area contributed by atoms with E-state index in [1.54, 1.807) is 36.8 Å². The largest absolute Gasteiger partial charge is 0.539 e. The molecule has 1 aliphatic heterocycles. The third-order valence-corrected chi connectivity index (χ3v) is 5.68. The number of thiazole rings is 1. The minimum Gasteiger partial charge on any atom is -0.539 e. The molecule has 5 rings (SSSR count). The zero-order chi connectivity index (χ0) is 24.4. The maximum atomic E-state index is 12.3. The molecular formula is C22H17N7O5S. The van der Waals surface area contributed by atoms with E-state index in [1.165, 1.54) is 15.9 Å². The van der Waals surface area contributed by atoms with Gasteiger partial charge < -0.3 is 19.2 Å². The Morgan fingerprint density at radius 1 is 1.20 bits per heavy atom. The van der Waals surface area contributed by atoms with Crippen molar-refractivity contribution in [2.45, 2.75) is 6.92 Å². The summed E-state index contributed by atoms with van der Waals surface area (Å²) in [6.07, 6.45) is 1.26. The zero-order valence-corrected chi connectivity index (χ0v) is 19.2. The van der Waals surface area contributed by atoms with Crippen molar-refractivity contribution in [3.8, 4) is 28.8 Å². The Morgan fingerprint density at radius 3 is 2.71 bits per heavy atom. The number of rotatable bonds is 6. The second-order valence-corrected chi connectivity index (χ2v) is 8.05. The van der Waals surface area contributed by atoms with Crippen LogP contribution < -0.4 is 25.1 Å². The Hall–Kier alpha value is -4.62. The monoisotopic (exact) mass is 491 g/mol. The van der Waals surface area contributed by atoms with E-state index in [4.69, 9.17) is 14.1 Å². The molecule has 1 fully saturated rings. The van der Waals surface area contributed by atoms with E-state index in [2.05, 4.69) is 26.1 Å². The maximum Gasteiger partial charge on any atom is 0.378 e. The normalized spacial score (nSPS) is 14.7. The molecule has 3 heterocycles. The van der Waals surface area contributed by atoms with E-state index in [-0.39, 0.29) is 16.5 Å². The number of benzene rings is 2. The third-order valence-electron chi connectivity index (χ3n) is 4.96. The van der Waals surface area contributed by atoms with E-state index in [0.29, 0.717) is 22.8 Å². The molecule has 176 valence electrons. The molecular weight excluding hydrogens is 474 g/mol. The molecule has 4 aromatic rings. The predicted molar refractivity (Wildman–Crippen MR) is 121 cm³/mol. The smallest absolute Gasteiger partial charge is 0.378 e. The van der Waals surface area contributed by atoms with E-state index < -0.39 is 11.9 Å². The van der Waals surface area contributed by atoms with Crippen LogP contribution in [0.2, 0.25) is 0 Å². The van der Waals surface area contributed by atoms with Crippen LogP contribution in [-0.2, 0) is 9.63 Å². The van der Waals surface area contributed by atoms with Gasteiger partial charge in [0.2, 0.25) is 10.8 Å². The maximum absolute atomic E-state index is 12.3. The summed E-state index contributed by atoms with van der Waals surface area (Å²) in [4.78, 5) is 21.3. The molecule has 0 bridgehead atoms. The molecule has 0 spiro atoms. The van der Waals surface area contributed by atoms with Crippen molar-refractivity contribution in [2.24, 2.45) is 10.2 Å². The van der Waals surface area contributed by atoms with Crippen molar-refractivity contribution in [2.75, 3.05) is 12.1 Å². The number of methoxy groups -OCH3 is 1. The average molecular weight is 491 g/mol. The van der Waals surface area contributed by atoms with E-state index >= 15 is 0 Å². The first kappa shape index (κ1) is 22.2. The fourth-order valence-corrected chi connectivity index (χ4v) is 3.82. The zero-order valence-electron chi connectivity index (χ0n) is 18.4. The van der Waals surface area contributed by atoms with Gasteiger partial charge in [0, 0.05) is 17.5 Å². The van der Waals surface area contributed by atoms with Gasteiger partial charge in [-0.3, -0.25) is 0 Å². The Bertz CT molecular complexity index is 1430. The van der Waals surface area contributed by atoms with Crippen molar-refractivity contribution in [1.29, 1.82) is 0 Å². The van der Waals surface area contributed by atoms with Crippen LogP contribution in [0.15, 0.2) is 80.6 Å². The van der Waals surface area contributed by atoms with Gasteiger partial charge in [-0.15, -0.1) is 16.5 Å².